The molecule has 2 rings (SSSR count). The van der Waals surface area contributed by atoms with Gasteiger partial charge in [0.05, 0.1) is 9.72 Å². The van der Waals surface area contributed by atoms with Crippen LogP contribution < -0.4 is 0 Å². The highest BCUT2D eigenvalue weighted by Crippen LogP contribution is 2.35. The van der Waals surface area contributed by atoms with E-state index in [-0.39, 0.29) is 10.8 Å². The summed E-state index contributed by atoms with van der Waals surface area (Å²) < 4.78 is 13.7. The molecule has 2 aromatic rings. The van der Waals surface area contributed by atoms with Crippen molar-refractivity contribution in [2.45, 2.75) is 4.90 Å². The van der Waals surface area contributed by atoms with Crippen LogP contribution in [0.4, 0.5) is 4.39 Å². The average molecular weight is 219 g/mol. The van der Waals surface area contributed by atoms with Crippen LogP contribution in [0.3, 0.4) is 0 Å². The van der Waals surface area contributed by atoms with E-state index in [2.05, 4.69) is 12.6 Å². The smallest absolute Gasteiger partial charge is 0.143 e. The summed E-state index contributed by atoms with van der Waals surface area (Å²) in [5.74, 6) is -0.376. The van der Waals surface area contributed by atoms with Crippen LogP contribution in [0.25, 0.3) is 10.1 Å². The van der Waals surface area contributed by atoms with Crippen LogP contribution in [-0.4, -0.2) is 0 Å². The topological polar surface area (TPSA) is 0 Å². The third-order valence-electron chi connectivity index (χ3n) is 1.61. The summed E-state index contributed by atoms with van der Waals surface area (Å²) >= 11 is 11.4. The van der Waals surface area contributed by atoms with E-state index in [1.807, 2.05) is 5.38 Å². The van der Waals surface area contributed by atoms with E-state index in [0.717, 1.165) is 15.0 Å². The largest absolute Gasteiger partial charge is 0.205 e. The zero-order valence-electron chi connectivity index (χ0n) is 5.84. The molecule has 0 atom stereocenters. The molecule has 1 aromatic carbocycles. The first-order chi connectivity index (χ1) is 5.70. The monoisotopic (exact) mass is 218 g/mol. The van der Waals surface area contributed by atoms with Crippen molar-refractivity contribution in [2.75, 3.05) is 0 Å². The molecular weight excluding hydrogens is 215 g/mol. The normalized spacial score (nSPS) is 10.9. The lowest BCUT2D eigenvalue weighted by atomic mass is 10.2. The van der Waals surface area contributed by atoms with E-state index in [4.69, 9.17) is 11.6 Å². The summed E-state index contributed by atoms with van der Waals surface area (Å²) in [5, 5.41) is 2.95. The Morgan fingerprint density at radius 2 is 2.17 bits per heavy atom. The number of hydrogen-bond donors (Lipinski definition) is 1. The predicted octanol–water partition coefficient (Wildman–Crippen LogP) is 3.98. The highest BCUT2D eigenvalue weighted by atomic mass is 35.5. The minimum Gasteiger partial charge on any atom is -0.205 e. The van der Waals surface area contributed by atoms with E-state index in [1.165, 1.54) is 17.4 Å². The lowest BCUT2D eigenvalue weighted by molar-refractivity contribution is 0.630. The summed E-state index contributed by atoms with van der Waals surface area (Å²) in [5.41, 5.74) is 0. The first-order valence-electron chi connectivity index (χ1n) is 3.24. The van der Waals surface area contributed by atoms with Gasteiger partial charge in [0.15, 0.2) is 0 Å². The van der Waals surface area contributed by atoms with Crippen molar-refractivity contribution >= 4 is 45.7 Å². The fourth-order valence-corrected chi connectivity index (χ4v) is 2.61. The third-order valence-corrected chi connectivity index (χ3v) is 3.65. The quantitative estimate of drug-likeness (QED) is 0.636. The van der Waals surface area contributed by atoms with Crippen LogP contribution in [0, 0.1) is 5.82 Å². The lowest BCUT2D eigenvalue weighted by Crippen LogP contribution is -1.74. The second-order valence-electron chi connectivity index (χ2n) is 2.36. The van der Waals surface area contributed by atoms with Gasteiger partial charge in [0.25, 0.3) is 0 Å². The summed E-state index contributed by atoms with van der Waals surface area (Å²) in [4.78, 5) is 0.844. The summed E-state index contributed by atoms with van der Waals surface area (Å²) in [6, 6.07) is 3.05. The summed E-state index contributed by atoms with van der Waals surface area (Å²) in [6.07, 6.45) is 0. The van der Waals surface area contributed by atoms with Gasteiger partial charge < -0.3 is 0 Å². The zero-order valence-corrected chi connectivity index (χ0v) is 8.31. The maximum Gasteiger partial charge on any atom is 0.143 e. The molecule has 0 saturated carbocycles. The molecule has 62 valence electrons. The van der Waals surface area contributed by atoms with Crippen LogP contribution in [-0.2, 0) is 0 Å². The van der Waals surface area contributed by atoms with Crippen LogP contribution in [0.5, 0.6) is 0 Å². The number of fused-ring (bicyclic) bond motifs is 1. The first-order valence-corrected chi connectivity index (χ1v) is 4.95. The maximum absolute atomic E-state index is 12.9. The molecule has 0 aliphatic rings. The van der Waals surface area contributed by atoms with Crippen LogP contribution in [0.1, 0.15) is 0 Å². The molecule has 12 heavy (non-hydrogen) atoms. The Kier molecular flexibility index (Phi) is 2.02. The molecule has 0 bridgehead atoms. The molecule has 0 aliphatic heterocycles. The molecule has 1 heterocycles. The Morgan fingerprint density at radius 3 is 2.92 bits per heavy atom. The van der Waals surface area contributed by atoms with Gasteiger partial charge in [-0.25, -0.2) is 4.39 Å². The molecule has 0 fully saturated rings. The van der Waals surface area contributed by atoms with Crippen molar-refractivity contribution in [3.63, 3.8) is 0 Å². The van der Waals surface area contributed by atoms with E-state index < -0.39 is 0 Å². The first kappa shape index (κ1) is 8.35. The van der Waals surface area contributed by atoms with Gasteiger partial charge in [-0.05, 0) is 12.1 Å². The van der Waals surface area contributed by atoms with Crippen molar-refractivity contribution in [2.24, 2.45) is 0 Å². The van der Waals surface area contributed by atoms with Crippen LogP contribution >= 0.6 is 35.6 Å². The molecule has 0 saturated heterocycles. The Balaban J connectivity index is 2.93. The minimum atomic E-state index is -0.376. The molecule has 0 unspecified atom stereocenters. The van der Waals surface area contributed by atoms with Gasteiger partial charge in [0.1, 0.15) is 5.82 Å². The van der Waals surface area contributed by atoms with E-state index >= 15 is 0 Å². The van der Waals surface area contributed by atoms with Gasteiger partial charge in [-0.15, -0.1) is 24.0 Å². The maximum atomic E-state index is 12.9. The highest BCUT2D eigenvalue weighted by molar-refractivity contribution is 7.80. The average Bonchev–Trinajstić information content (AvgIpc) is 2.41. The van der Waals surface area contributed by atoms with Crippen molar-refractivity contribution in [1.29, 1.82) is 0 Å². The molecule has 0 radical (unpaired) electrons. The number of thiol groups is 1. The fraction of sp³-hybridized carbons (Fsp3) is 0. The molecule has 0 spiro atoms. The molecule has 0 N–H and O–H groups in total. The summed E-state index contributed by atoms with van der Waals surface area (Å²) in [6.45, 7) is 0. The van der Waals surface area contributed by atoms with E-state index in [9.17, 15) is 4.39 Å². The van der Waals surface area contributed by atoms with E-state index in [1.54, 1.807) is 6.07 Å². The van der Waals surface area contributed by atoms with E-state index in [0.29, 0.717) is 0 Å². The SMILES string of the molecule is Fc1ccc2c(S)csc2c1Cl. The molecule has 4 heteroatoms. The Bertz CT molecular complexity index is 436. The number of rotatable bonds is 0. The number of hydrogen-bond acceptors (Lipinski definition) is 2. The molecule has 0 amide bonds. The number of thiophene rings is 1. The Hall–Kier alpha value is -0.250. The molecule has 1 aromatic heterocycles. The number of benzene rings is 1. The Labute approximate surface area is 83.4 Å². The standard InChI is InChI=1S/C8H4ClFS2/c9-7-5(10)2-1-4-6(11)3-12-8(4)7/h1-3,11H. The predicted molar refractivity (Wildman–Crippen MR) is 54.0 cm³/mol. The van der Waals surface area contributed by atoms with Crippen molar-refractivity contribution in [1.82, 2.24) is 0 Å². The van der Waals surface area contributed by atoms with Gasteiger partial charge in [-0.2, -0.15) is 0 Å². The second-order valence-corrected chi connectivity index (χ2v) is 4.10. The van der Waals surface area contributed by atoms with Gasteiger partial charge in [0, 0.05) is 15.7 Å². The fourth-order valence-electron chi connectivity index (χ4n) is 1.03. The number of halogens is 2. The van der Waals surface area contributed by atoms with Gasteiger partial charge in [-0.3, -0.25) is 0 Å². The minimum absolute atomic E-state index is 0.192. The van der Waals surface area contributed by atoms with Gasteiger partial charge >= 0.3 is 0 Å². The van der Waals surface area contributed by atoms with Crippen molar-refractivity contribution in [3.8, 4) is 0 Å². The second kappa shape index (κ2) is 2.91. The highest BCUT2D eigenvalue weighted by Gasteiger charge is 2.08. The lowest BCUT2D eigenvalue weighted by Gasteiger charge is -1.95. The Morgan fingerprint density at radius 1 is 1.42 bits per heavy atom. The zero-order chi connectivity index (χ0) is 8.72. The third kappa shape index (κ3) is 1.13. The van der Waals surface area contributed by atoms with Crippen molar-refractivity contribution in [3.05, 3.63) is 28.4 Å². The molecular formula is C8H4ClFS2. The van der Waals surface area contributed by atoms with Crippen LogP contribution in [0.2, 0.25) is 5.02 Å². The summed E-state index contributed by atoms with van der Waals surface area (Å²) in [7, 11) is 0. The molecule has 0 nitrogen and oxygen atoms in total. The van der Waals surface area contributed by atoms with Gasteiger partial charge in [0.2, 0.25) is 0 Å². The van der Waals surface area contributed by atoms with Crippen molar-refractivity contribution < 1.29 is 4.39 Å². The van der Waals surface area contributed by atoms with Crippen LogP contribution in [0.15, 0.2) is 22.4 Å². The molecule has 0 aliphatic carbocycles. The van der Waals surface area contributed by atoms with Gasteiger partial charge in [-0.1, -0.05) is 11.6 Å².